The third-order valence-corrected chi connectivity index (χ3v) is 2.63. The fourth-order valence-corrected chi connectivity index (χ4v) is 1.57. The Morgan fingerprint density at radius 1 is 1.05 bits per heavy atom. The Morgan fingerprint density at radius 3 is 2.05 bits per heavy atom. The zero-order valence-corrected chi connectivity index (χ0v) is 10.5. The van der Waals surface area contributed by atoms with Crippen molar-refractivity contribution in [2.24, 2.45) is 7.05 Å². The lowest BCUT2D eigenvalue weighted by Crippen LogP contribution is -2.04. The highest BCUT2D eigenvalue weighted by Crippen LogP contribution is 2.24. The van der Waals surface area contributed by atoms with Gasteiger partial charge >= 0.3 is 0 Å². The number of hydrogen-bond donors (Lipinski definition) is 0. The molecular formula is C13H7F5N2O. The van der Waals surface area contributed by atoms with Crippen LogP contribution in [0.3, 0.4) is 0 Å². The van der Waals surface area contributed by atoms with Crippen LogP contribution in [0.1, 0.15) is 15.9 Å². The minimum Gasteiger partial charge on any atom is -0.289 e. The van der Waals surface area contributed by atoms with Crippen LogP contribution in [-0.2, 0) is 7.05 Å². The smallest absolute Gasteiger partial charge is 0.200 e. The Balaban J connectivity index is 2.40. The van der Waals surface area contributed by atoms with Gasteiger partial charge in [-0.15, -0.1) is 0 Å². The van der Waals surface area contributed by atoms with Gasteiger partial charge in [0.2, 0.25) is 5.82 Å². The summed E-state index contributed by atoms with van der Waals surface area (Å²) in [6, 6.07) is 0. The van der Waals surface area contributed by atoms with E-state index in [4.69, 9.17) is 0 Å². The van der Waals surface area contributed by atoms with Gasteiger partial charge in [0, 0.05) is 13.2 Å². The standard InChI is InChI=1S/C13H7F5N2O/c1-20-5-6(4-19-20)8(21)3-2-7-9(14)11(16)13(18)12(17)10(7)15/h2-5H,1H3/b3-2+. The largest absolute Gasteiger partial charge is 0.289 e. The molecule has 2 rings (SSSR count). The lowest BCUT2D eigenvalue weighted by Gasteiger charge is -2.03. The molecule has 2 aromatic rings. The van der Waals surface area contributed by atoms with Gasteiger partial charge in [-0.1, -0.05) is 0 Å². The molecule has 21 heavy (non-hydrogen) atoms. The molecule has 110 valence electrons. The van der Waals surface area contributed by atoms with E-state index >= 15 is 0 Å². The van der Waals surface area contributed by atoms with Crippen molar-refractivity contribution in [2.45, 2.75) is 0 Å². The summed E-state index contributed by atoms with van der Waals surface area (Å²) in [6.07, 6.45) is 3.78. The topological polar surface area (TPSA) is 34.9 Å². The lowest BCUT2D eigenvalue weighted by molar-refractivity contribution is 0.104. The van der Waals surface area contributed by atoms with Gasteiger partial charge in [-0.3, -0.25) is 9.48 Å². The molecule has 0 fully saturated rings. The van der Waals surface area contributed by atoms with Crippen molar-refractivity contribution in [2.75, 3.05) is 0 Å². The van der Waals surface area contributed by atoms with Crippen LogP contribution < -0.4 is 0 Å². The first kappa shape index (κ1) is 14.9. The molecule has 0 aliphatic rings. The Kier molecular flexibility index (Phi) is 3.88. The number of hydrogen-bond acceptors (Lipinski definition) is 2. The summed E-state index contributed by atoms with van der Waals surface area (Å²) in [6.45, 7) is 0. The van der Waals surface area contributed by atoms with Crippen molar-refractivity contribution in [1.29, 1.82) is 0 Å². The molecule has 8 heteroatoms. The van der Waals surface area contributed by atoms with Crippen molar-refractivity contribution in [3.05, 3.63) is 58.7 Å². The highest BCUT2D eigenvalue weighted by Gasteiger charge is 2.24. The normalized spacial score (nSPS) is 11.3. The fraction of sp³-hybridized carbons (Fsp3) is 0.0769. The van der Waals surface area contributed by atoms with Gasteiger partial charge in [-0.2, -0.15) is 5.10 Å². The van der Waals surface area contributed by atoms with Gasteiger partial charge in [0.1, 0.15) is 0 Å². The monoisotopic (exact) mass is 302 g/mol. The Bertz CT molecular complexity index is 722. The number of allylic oxidation sites excluding steroid dienone is 1. The number of nitrogens with zero attached hydrogens (tertiary/aromatic N) is 2. The van der Waals surface area contributed by atoms with Crippen LogP contribution in [0.25, 0.3) is 6.08 Å². The molecule has 0 N–H and O–H groups in total. The highest BCUT2D eigenvalue weighted by atomic mass is 19.2. The van der Waals surface area contributed by atoms with Gasteiger partial charge < -0.3 is 0 Å². The fourth-order valence-electron chi connectivity index (χ4n) is 1.57. The molecule has 0 amide bonds. The molecule has 0 bridgehead atoms. The third kappa shape index (κ3) is 2.69. The molecular weight excluding hydrogens is 295 g/mol. The van der Waals surface area contributed by atoms with E-state index in [1.807, 2.05) is 0 Å². The van der Waals surface area contributed by atoms with E-state index < -0.39 is 40.4 Å². The molecule has 0 aliphatic heterocycles. The van der Waals surface area contributed by atoms with Crippen molar-refractivity contribution in [3.63, 3.8) is 0 Å². The summed E-state index contributed by atoms with van der Waals surface area (Å²) < 4.78 is 66.8. The van der Waals surface area contributed by atoms with Crippen LogP contribution in [-0.4, -0.2) is 15.6 Å². The molecule has 3 nitrogen and oxygen atoms in total. The second-order valence-electron chi connectivity index (χ2n) is 4.08. The van der Waals surface area contributed by atoms with Gasteiger partial charge in [0.05, 0.1) is 17.3 Å². The molecule has 0 saturated heterocycles. The second-order valence-corrected chi connectivity index (χ2v) is 4.08. The van der Waals surface area contributed by atoms with Gasteiger partial charge in [0.15, 0.2) is 29.1 Å². The Morgan fingerprint density at radius 2 is 1.57 bits per heavy atom. The number of carbonyl (C=O) groups is 1. The van der Waals surface area contributed by atoms with Crippen LogP contribution in [0.15, 0.2) is 18.5 Å². The summed E-state index contributed by atoms with van der Waals surface area (Å²) >= 11 is 0. The number of carbonyl (C=O) groups excluding carboxylic acids is 1. The molecule has 0 atom stereocenters. The van der Waals surface area contributed by atoms with E-state index in [2.05, 4.69) is 5.10 Å². The zero-order chi connectivity index (χ0) is 15.7. The van der Waals surface area contributed by atoms with Crippen LogP contribution in [0, 0.1) is 29.1 Å². The van der Waals surface area contributed by atoms with E-state index in [0.29, 0.717) is 12.2 Å². The molecule has 0 aliphatic carbocycles. The van der Waals surface area contributed by atoms with Crippen LogP contribution in [0.4, 0.5) is 22.0 Å². The molecule has 1 heterocycles. The van der Waals surface area contributed by atoms with Gasteiger partial charge in [0.25, 0.3) is 0 Å². The Hall–Kier alpha value is -2.51. The summed E-state index contributed by atoms with van der Waals surface area (Å²) in [4.78, 5) is 11.6. The number of aryl methyl sites for hydroxylation is 1. The van der Waals surface area contributed by atoms with E-state index in [9.17, 15) is 26.7 Å². The van der Waals surface area contributed by atoms with E-state index in [0.717, 1.165) is 0 Å². The van der Waals surface area contributed by atoms with Crippen molar-refractivity contribution in [3.8, 4) is 0 Å². The van der Waals surface area contributed by atoms with Gasteiger partial charge in [-0.25, -0.2) is 22.0 Å². The maximum Gasteiger partial charge on any atom is 0.200 e. The first-order valence-electron chi connectivity index (χ1n) is 5.55. The van der Waals surface area contributed by atoms with E-state index in [1.54, 1.807) is 7.05 Å². The van der Waals surface area contributed by atoms with Crippen LogP contribution >= 0.6 is 0 Å². The molecule has 0 spiro atoms. The third-order valence-electron chi connectivity index (χ3n) is 2.63. The number of halogens is 5. The first-order chi connectivity index (χ1) is 9.82. The van der Waals surface area contributed by atoms with Crippen LogP contribution in [0.5, 0.6) is 0 Å². The van der Waals surface area contributed by atoms with E-state index in [-0.39, 0.29) is 5.56 Å². The molecule has 0 unspecified atom stereocenters. The summed E-state index contributed by atoms with van der Waals surface area (Å²) in [5.74, 6) is -11.1. The quantitative estimate of drug-likeness (QED) is 0.287. The average Bonchev–Trinajstić information content (AvgIpc) is 2.89. The number of benzene rings is 1. The number of aromatic nitrogens is 2. The number of rotatable bonds is 3. The minimum absolute atomic E-state index is 0.109. The number of ketones is 1. The summed E-state index contributed by atoms with van der Waals surface area (Å²) in [7, 11) is 1.55. The minimum atomic E-state index is -2.25. The van der Waals surface area contributed by atoms with Crippen LogP contribution in [0.2, 0.25) is 0 Å². The van der Waals surface area contributed by atoms with Gasteiger partial charge in [-0.05, 0) is 12.2 Å². The summed E-state index contributed by atoms with van der Waals surface area (Å²) in [5, 5.41) is 3.71. The Labute approximate surface area is 115 Å². The molecule has 0 radical (unpaired) electrons. The maximum atomic E-state index is 13.4. The lowest BCUT2D eigenvalue weighted by atomic mass is 10.1. The second kappa shape index (κ2) is 5.47. The predicted octanol–water partition coefficient (Wildman–Crippen LogP) is 3.01. The van der Waals surface area contributed by atoms with Crippen molar-refractivity contribution >= 4 is 11.9 Å². The first-order valence-corrected chi connectivity index (χ1v) is 5.55. The summed E-state index contributed by atoms with van der Waals surface area (Å²) in [5.41, 5.74) is -1.07. The SMILES string of the molecule is Cn1cc(C(=O)/C=C/c2c(F)c(F)c(F)c(F)c2F)cn1. The van der Waals surface area contributed by atoms with Crippen molar-refractivity contribution < 1.29 is 26.7 Å². The maximum absolute atomic E-state index is 13.4. The molecule has 0 saturated carbocycles. The average molecular weight is 302 g/mol. The van der Waals surface area contributed by atoms with E-state index in [1.165, 1.54) is 17.1 Å². The zero-order valence-electron chi connectivity index (χ0n) is 10.5. The van der Waals surface area contributed by atoms with Crippen molar-refractivity contribution in [1.82, 2.24) is 9.78 Å². The predicted molar refractivity (Wildman–Crippen MR) is 62.8 cm³/mol. The highest BCUT2D eigenvalue weighted by molar-refractivity contribution is 6.06. The molecule has 1 aromatic heterocycles. The molecule has 1 aromatic carbocycles.